The highest BCUT2D eigenvalue weighted by atomic mass is 16.5. The van der Waals surface area contributed by atoms with Crippen LogP contribution in [-0.2, 0) is 11.3 Å². The van der Waals surface area contributed by atoms with Crippen LogP contribution in [0.4, 0.5) is 5.69 Å². The Bertz CT molecular complexity index is 650. The topological polar surface area (TPSA) is 75.6 Å². The molecule has 0 atom stereocenters. The van der Waals surface area contributed by atoms with Gasteiger partial charge in [-0.3, -0.25) is 4.79 Å². The highest BCUT2D eigenvalue weighted by Crippen LogP contribution is 2.13. The molecule has 5 heteroatoms. The average molecular weight is 285 g/mol. The molecular weight excluding hydrogens is 270 g/mol. The number of carboxylic acid groups (broad SMARTS) is 1. The van der Waals surface area contributed by atoms with E-state index in [4.69, 9.17) is 9.84 Å². The molecule has 0 heterocycles. The second-order valence-corrected chi connectivity index (χ2v) is 4.47. The van der Waals surface area contributed by atoms with Gasteiger partial charge in [-0.15, -0.1) is 0 Å². The van der Waals surface area contributed by atoms with Crippen LogP contribution < -0.4 is 5.32 Å². The number of carbonyl (C=O) groups is 2. The average Bonchev–Trinajstić information content (AvgIpc) is 2.48. The van der Waals surface area contributed by atoms with Crippen molar-refractivity contribution in [2.45, 2.75) is 6.61 Å². The van der Waals surface area contributed by atoms with E-state index >= 15 is 0 Å². The number of nitrogens with one attached hydrogen (secondary N) is 1. The molecule has 2 aromatic rings. The second kappa shape index (κ2) is 6.67. The summed E-state index contributed by atoms with van der Waals surface area (Å²) in [7, 11) is 1.61. The van der Waals surface area contributed by atoms with Crippen molar-refractivity contribution in [2.24, 2.45) is 0 Å². The lowest BCUT2D eigenvalue weighted by atomic mass is 10.1. The van der Waals surface area contributed by atoms with Crippen LogP contribution >= 0.6 is 0 Å². The van der Waals surface area contributed by atoms with Crippen LogP contribution in [-0.4, -0.2) is 24.1 Å². The molecule has 0 unspecified atom stereocenters. The molecule has 0 fully saturated rings. The van der Waals surface area contributed by atoms with E-state index in [1.54, 1.807) is 31.4 Å². The van der Waals surface area contributed by atoms with Gasteiger partial charge in [-0.05, 0) is 35.9 Å². The van der Waals surface area contributed by atoms with Crippen molar-refractivity contribution in [2.75, 3.05) is 12.4 Å². The number of hydrogen-bond acceptors (Lipinski definition) is 3. The molecule has 2 rings (SSSR count). The fourth-order valence-corrected chi connectivity index (χ4v) is 1.85. The van der Waals surface area contributed by atoms with Gasteiger partial charge in [0.1, 0.15) is 0 Å². The Kier molecular flexibility index (Phi) is 4.68. The molecule has 0 aliphatic carbocycles. The van der Waals surface area contributed by atoms with E-state index in [9.17, 15) is 9.59 Å². The van der Waals surface area contributed by atoms with Crippen LogP contribution in [0.3, 0.4) is 0 Å². The molecule has 2 N–H and O–H groups in total. The Balaban J connectivity index is 2.10. The Morgan fingerprint density at radius 3 is 2.43 bits per heavy atom. The smallest absolute Gasteiger partial charge is 0.335 e. The third-order valence-corrected chi connectivity index (χ3v) is 2.89. The van der Waals surface area contributed by atoms with Gasteiger partial charge in [0.25, 0.3) is 5.91 Å². The maximum Gasteiger partial charge on any atom is 0.335 e. The molecule has 2 aromatic carbocycles. The summed E-state index contributed by atoms with van der Waals surface area (Å²) in [4.78, 5) is 23.0. The van der Waals surface area contributed by atoms with Crippen molar-refractivity contribution in [3.05, 3.63) is 65.2 Å². The van der Waals surface area contributed by atoms with E-state index in [0.29, 0.717) is 17.9 Å². The number of rotatable bonds is 5. The lowest BCUT2D eigenvalue weighted by molar-refractivity contribution is 0.0696. The van der Waals surface area contributed by atoms with E-state index in [0.717, 1.165) is 5.56 Å². The summed E-state index contributed by atoms with van der Waals surface area (Å²) in [6.07, 6.45) is 0. The molecule has 1 amide bonds. The van der Waals surface area contributed by atoms with Crippen molar-refractivity contribution >= 4 is 17.6 Å². The Morgan fingerprint density at radius 2 is 1.81 bits per heavy atom. The number of anilines is 1. The van der Waals surface area contributed by atoms with Crippen LogP contribution in [0.5, 0.6) is 0 Å². The molecule has 0 aromatic heterocycles. The summed E-state index contributed by atoms with van der Waals surface area (Å²) >= 11 is 0. The Labute approximate surface area is 122 Å². The number of carbonyl (C=O) groups excluding carboxylic acids is 1. The monoisotopic (exact) mass is 285 g/mol. The maximum atomic E-state index is 12.1. The molecule has 0 bridgehead atoms. The second-order valence-electron chi connectivity index (χ2n) is 4.47. The number of amides is 1. The fraction of sp³-hybridized carbons (Fsp3) is 0.125. The fourth-order valence-electron chi connectivity index (χ4n) is 1.85. The first-order chi connectivity index (χ1) is 10.1. The zero-order valence-electron chi connectivity index (χ0n) is 11.5. The highest BCUT2D eigenvalue weighted by molar-refractivity contribution is 6.04. The molecule has 0 spiro atoms. The number of carboxylic acids is 1. The lowest BCUT2D eigenvalue weighted by Gasteiger charge is -2.07. The van der Waals surface area contributed by atoms with Gasteiger partial charge in [0.15, 0.2) is 0 Å². The highest BCUT2D eigenvalue weighted by Gasteiger charge is 2.08. The number of ether oxygens (including phenoxy) is 1. The summed E-state index contributed by atoms with van der Waals surface area (Å²) in [6.45, 7) is 0.489. The molecule has 0 radical (unpaired) electrons. The molecule has 0 saturated carbocycles. The quantitative estimate of drug-likeness (QED) is 0.885. The van der Waals surface area contributed by atoms with Gasteiger partial charge in [0, 0.05) is 18.4 Å². The predicted molar refractivity (Wildman–Crippen MR) is 78.5 cm³/mol. The molecule has 21 heavy (non-hydrogen) atoms. The first-order valence-electron chi connectivity index (χ1n) is 6.33. The SMILES string of the molecule is COCc1ccc(C(=O)Nc2cccc(C(=O)O)c2)cc1. The largest absolute Gasteiger partial charge is 0.478 e. The molecule has 108 valence electrons. The van der Waals surface area contributed by atoms with Crippen molar-refractivity contribution in [1.29, 1.82) is 0 Å². The van der Waals surface area contributed by atoms with Gasteiger partial charge in [-0.2, -0.15) is 0 Å². The van der Waals surface area contributed by atoms with E-state index in [1.165, 1.54) is 12.1 Å². The number of hydrogen-bond donors (Lipinski definition) is 2. The van der Waals surface area contributed by atoms with Gasteiger partial charge in [0.2, 0.25) is 0 Å². The first-order valence-corrected chi connectivity index (χ1v) is 6.33. The van der Waals surface area contributed by atoms with E-state index < -0.39 is 5.97 Å². The summed E-state index contributed by atoms with van der Waals surface area (Å²) in [5.74, 6) is -1.32. The van der Waals surface area contributed by atoms with Gasteiger partial charge in [0.05, 0.1) is 12.2 Å². The summed E-state index contributed by atoms with van der Waals surface area (Å²) in [5.41, 5.74) is 2.04. The summed E-state index contributed by atoms with van der Waals surface area (Å²) in [6, 6.07) is 13.1. The van der Waals surface area contributed by atoms with Gasteiger partial charge >= 0.3 is 5.97 Å². The predicted octanol–water partition coefficient (Wildman–Crippen LogP) is 2.78. The molecule has 0 aliphatic heterocycles. The van der Waals surface area contributed by atoms with Crippen molar-refractivity contribution < 1.29 is 19.4 Å². The van der Waals surface area contributed by atoms with E-state index in [2.05, 4.69) is 5.32 Å². The minimum absolute atomic E-state index is 0.128. The first kappa shape index (κ1) is 14.7. The van der Waals surface area contributed by atoms with Crippen molar-refractivity contribution in [3.63, 3.8) is 0 Å². The zero-order valence-corrected chi connectivity index (χ0v) is 11.5. The number of aromatic carboxylic acids is 1. The Morgan fingerprint density at radius 1 is 1.10 bits per heavy atom. The maximum absolute atomic E-state index is 12.1. The van der Waals surface area contributed by atoms with Gasteiger partial charge in [-0.25, -0.2) is 4.79 Å². The van der Waals surface area contributed by atoms with E-state index in [1.807, 2.05) is 12.1 Å². The standard InChI is InChI=1S/C16H15NO4/c1-21-10-11-5-7-12(8-6-11)15(18)17-14-4-2-3-13(9-14)16(19)20/h2-9H,10H2,1H3,(H,17,18)(H,19,20). The normalized spacial score (nSPS) is 10.1. The Hall–Kier alpha value is -2.66. The molecule has 0 saturated heterocycles. The van der Waals surface area contributed by atoms with E-state index in [-0.39, 0.29) is 11.5 Å². The van der Waals surface area contributed by atoms with Crippen LogP contribution in [0.25, 0.3) is 0 Å². The minimum Gasteiger partial charge on any atom is -0.478 e. The van der Waals surface area contributed by atoms with Crippen LogP contribution in [0.15, 0.2) is 48.5 Å². The molecule has 5 nitrogen and oxygen atoms in total. The summed E-state index contributed by atoms with van der Waals surface area (Å²) in [5, 5.41) is 11.6. The van der Waals surface area contributed by atoms with Crippen molar-refractivity contribution in [3.8, 4) is 0 Å². The summed E-state index contributed by atoms with van der Waals surface area (Å²) < 4.78 is 5.00. The third-order valence-electron chi connectivity index (χ3n) is 2.89. The van der Waals surface area contributed by atoms with Gasteiger partial charge < -0.3 is 15.2 Å². The number of methoxy groups -OCH3 is 1. The minimum atomic E-state index is -1.03. The number of benzene rings is 2. The molecular formula is C16H15NO4. The van der Waals surface area contributed by atoms with Gasteiger partial charge in [-0.1, -0.05) is 18.2 Å². The zero-order chi connectivity index (χ0) is 15.2. The van der Waals surface area contributed by atoms with Crippen LogP contribution in [0.1, 0.15) is 26.3 Å². The van der Waals surface area contributed by atoms with Crippen LogP contribution in [0, 0.1) is 0 Å². The van der Waals surface area contributed by atoms with Crippen molar-refractivity contribution in [1.82, 2.24) is 0 Å². The lowest BCUT2D eigenvalue weighted by Crippen LogP contribution is -2.12. The van der Waals surface area contributed by atoms with Crippen LogP contribution in [0.2, 0.25) is 0 Å². The third kappa shape index (κ3) is 3.90. The molecule has 0 aliphatic rings.